The van der Waals surface area contributed by atoms with Crippen LogP contribution in [-0.4, -0.2) is 29.1 Å². The number of aliphatic carboxylic acids is 1. The zero-order chi connectivity index (χ0) is 15.1. The van der Waals surface area contributed by atoms with Gasteiger partial charge in [-0.05, 0) is 24.1 Å². The molecule has 1 aromatic rings. The molecule has 0 aliphatic carbocycles. The average Bonchev–Trinajstić information content (AvgIpc) is 2.29. The predicted octanol–water partition coefficient (Wildman–Crippen LogP) is 2.03. The molecule has 1 unspecified atom stereocenters. The maximum absolute atomic E-state index is 10.9. The van der Waals surface area contributed by atoms with Crippen molar-refractivity contribution in [2.45, 2.75) is 45.7 Å². The molecule has 1 aromatic carbocycles. The zero-order valence-corrected chi connectivity index (χ0v) is 12.1. The normalized spacial score (nSPS) is 12.2. The van der Waals surface area contributed by atoms with E-state index in [1.54, 1.807) is 0 Å². The molecule has 0 spiro atoms. The minimum Gasteiger partial charge on any atom is -0.481 e. The fourth-order valence-electron chi connectivity index (χ4n) is 2.08. The number of anilines is 1. The fraction of sp³-hybridized carbons (Fsp3) is 0.467. The van der Waals surface area contributed by atoms with E-state index in [0.717, 1.165) is 11.3 Å². The van der Waals surface area contributed by atoms with Crippen molar-refractivity contribution < 1.29 is 14.7 Å². The quantitative estimate of drug-likeness (QED) is 0.713. The number of rotatable bonds is 7. The molecule has 0 fully saturated rings. The maximum Gasteiger partial charge on any atom is 0.304 e. The second-order valence-corrected chi connectivity index (χ2v) is 5.20. The number of amides is 1. The minimum absolute atomic E-state index is 0.0889. The molecular formula is C15H22N2O3. The minimum atomic E-state index is -0.807. The molecule has 110 valence electrons. The summed E-state index contributed by atoms with van der Waals surface area (Å²) in [5.74, 6) is -0.916. The number of carboxylic acids is 1. The highest BCUT2D eigenvalue weighted by Gasteiger charge is 2.14. The standard InChI is InChI=1S/C15H22N2O3/c1-10(2)16-14(9-15(19)20)8-12-4-6-13(7-5-12)17-11(3)18/h4-7,10,14,16H,8-9H2,1-3H3,(H,17,18)(H,19,20). The van der Waals surface area contributed by atoms with Crippen LogP contribution in [0.3, 0.4) is 0 Å². The van der Waals surface area contributed by atoms with Gasteiger partial charge in [0.1, 0.15) is 0 Å². The number of carbonyl (C=O) groups is 2. The lowest BCUT2D eigenvalue weighted by atomic mass is 10.0. The van der Waals surface area contributed by atoms with Gasteiger partial charge in [0.15, 0.2) is 0 Å². The van der Waals surface area contributed by atoms with Gasteiger partial charge in [0, 0.05) is 24.7 Å². The smallest absolute Gasteiger partial charge is 0.304 e. The lowest BCUT2D eigenvalue weighted by Gasteiger charge is -2.20. The first-order chi connectivity index (χ1) is 9.36. The van der Waals surface area contributed by atoms with Crippen LogP contribution in [0.5, 0.6) is 0 Å². The van der Waals surface area contributed by atoms with Crippen LogP contribution in [-0.2, 0) is 16.0 Å². The van der Waals surface area contributed by atoms with E-state index in [0.29, 0.717) is 6.42 Å². The Morgan fingerprint density at radius 1 is 1.20 bits per heavy atom. The third-order valence-corrected chi connectivity index (χ3v) is 2.75. The van der Waals surface area contributed by atoms with E-state index in [9.17, 15) is 9.59 Å². The summed E-state index contributed by atoms with van der Waals surface area (Å²) in [5.41, 5.74) is 1.78. The highest BCUT2D eigenvalue weighted by molar-refractivity contribution is 5.88. The van der Waals surface area contributed by atoms with Gasteiger partial charge in [0.2, 0.25) is 5.91 Å². The van der Waals surface area contributed by atoms with Crippen LogP contribution in [0.25, 0.3) is 0 Å². The number of carboxylic acid groups (broad SMARTS) is 1. The van der Waals surface area contributed by atoms with Gasteiger partial charge in [-0.1, -0.05) is 26.0 Å². The van der Waals surface area contributed by atoms with Crippen molar-refractivity contribution in [2.24, 2.45) is 0 Å². The molecule has 20 heavy (non-hydrogen) atoms. The van der Waals surface area contributed by atoms with Gasteiger partial charge in [-0.15, -0.1) is 0 Å². The molecule has 1 amide bonds. The summed E-state index contributed by atoms with van der Waals surface area (Å²) in [6.07, 6.45) is 0.733. The second kappa shape index (κ2) is 7.65. The second-order valence-electron chi connectivity index (χ2n) is 5.20. The molecule has 0 heterocycles. The summed E-state index contributed by atoms with van der Waals surface area (Å²) in [4.78, 5) is 21.8. The molecule has 1 rings (SSSR count). The van der Waals surface area contributed by atoms with Crippen LogP contribution in [0.1, 0.15) is 32.8 Å². The average molecular weight is 278 g/mol. The first-order valence-electron chi connectivity index (χ1n) is 6.71. The van der Waals surface area contributed by atoms with Gasteiger partial charge in [-0.25, -0.2) is 0 Å². The Hall–Kier alpha value is -1.88. The van der Waals surface area contributed by atoms with E-state index in [2.05, 4.69) is 10.6 Å². The van der Waals surface area contributed by atoms with E-state index in [1.165, 1.54) is 6.92 Å². The molecular weight excluding hydrogens is 256 g/mol. The van der Waals surface area contributed by atoms with Crippen LogP contribution in [0.4, 0.5) is 5.69 Å². The van der Waals surface area contributed by atoms with Gasteiger partial charge in [-0.3, -0.25) is 9.59 Å². The summed E-state index contributed by atoms with van der Waals surface area (Å²) in [6.45, 7) is 5.45. The first-order valence-corrected chi connectivity index (χ1v) is 6.71. The van der Waals surface area contributed by atoms with Crippen LogP contribution < -0.4 is 10.6 Å². The van der Waals surface area contributed by atoms with Crippen molar-refractivity contribution in [3.63, 3.8) is 0 Å². The van der Waals surface area contributed by atoms with E-state index in [-0.39, 0.29) is 24.4 Å². The number of hydrogen-bond donors (Lipinski definition) is 3. The summed E-state index contributed by atoms with van der Waals surface area (Å²) in [6, 6.07) is 7.59. The Balaban J connectivity index is 2.67. The Bertz CT molecular complexity index is 455. The van der Waals surface area contributed by atoms with Gasteiger partial charge in [0.25, 0.3) is 0 Å². The Morgan fingerprint density at radius 3 is 2.25 bits per heavy atom. The summed E-state index contributed by atoms with van der Waals surface area (Å²) in [7, 11) is 0. The maximum atomic E-state index is 10.9. The van der Waals surface area contributed by atoms with Gasteiger partial charge < -0.3 is 15.7 Å². The van der Waals surface area contributed by atoms with Gasteiger partial charge in [-0.2, -0.15) is 0 Å². The van der Waals surface area contributed by atoms with Crippen LogP contribution >= 0.6 is 0 Å². The molecule has 0 bridgehead atoms. The molecule has 3 N–H and O–H groups in total. The molecule has 0 aliphatic rings. The number of hydrogen-bond acceptors (Lipinski definition) is 3. The number of benzene rings is 1. The molecule has 0 aromatic heterocycles. The highest BCUT2D eigenvalue weighted by Crippen LogP contribution is 2.12. The first kappa shape index (κ1) is 16.2. The monoisotopic (exact) mass is 278 g/mol. The third kappa shape index (κ3) is 6.33. The summed E-state index contributed by atoms with van der Waals surface area (Å²) in [5, 5.41) is 14.9. The molecule has 5 heteroatoms. The Kier molecular flexibility index (Phi) is 6.18. The zero-order valence-electron chi connectivity index (χ0n) is 12.1. The number of carbonyl (C=O) groups excluding carboxylic acids is 1. The number of nitrogens with one attached hydrogen (secondary N) is 2. The molecule has 0 aliphatic heterocycles. The fourth-order valence-corrected chi connectivity index (χ4v) is 2.08. The Morgan fingerprint density at radius 2 is 1.80 bits per heavy atom. The molecule has 1 atom stereocenters. The van der Waals surface area contributed by atoms with Gasteiger partial charge in [0.05, 0.1) is 6.42 Å². The largest absolute Gasteiger partial charge is 0.481 e. The predicted molar refractivity (Wildman–Crippen MR) is 78.8 cm³/mol. The van der Waals surface area contributed by atoms with Crippen LogP contribution in [0, 0.1) is 0 Å². The van der Waals surface area contributed by atoms with Gasteiger partial charge >= 0.3 is 5.97 Å². The van der Waals surface area contributed by atoms with E-state index in [4.69, 9.17) is 5.11 Å². The topological polar surface area (TPSA) is 78.4 Å². The summed E-state index contributed by atoms with van der Waals surface area (Å²) >= 11 is 0. The lowest BCUT2D eigenvalue weighted by molar-refractivity contribution is -0.137. The third-order valence-electron chi connectivity index (χ3n) is 2.75. The van der Waals surface area contributed by atoms with E-state index in [1.807, 2.05) is 38.1 Å². The summed E-state index contributed by atoms with van der Waals surface area (Å²) < 4.78 is 0. The SMILES string of the molecule is CC(=O)Nc1ccc(CC(CC(=O)O)NC(C)C)cc1. The van der Waals surface area contributed by atoms with Crippen LogP contribution in [0.2, 0.25) is 0 Å². The van der Waals surface area contributed by atoms with Crippen molar-refractivity contribution in [3.05, 3.63) is 29.8 Å². The van der Waals surface area contributed by atoms with Crippen molar-refractivity contribution in [2.75, 3.05) is 5.32 Å². The molecule has 0 saturated heterocycles. The van der Waals surface area contributed by atoms with Crippen molar-refractivity contribution in [3.8, 4) is 0 Å². The highest BCUT2D eigenvalue weighted by atomic mass is 16.4. The van der Waals surface area contributed by atoms with Crippen LogP contribution in [0.15, 0.2) is 24.3 Å². The lowest BCUT2D eigenvalue weighted by Crippen LogP contribution is -2.38. The Labute approximate surface area is 119 Å². The van der Waals surface area contributed by atoms with Crippen molar-refractivity contribution in [1.82, 2.24) is 5.32 Å². The van der Waals surface area contributed by atoms with E-state index >= 15 is 0 Å². The van der Waals surface area contributed by atoms with Crippen molar-refractivity contribution >= 4 is 17.6 Å². The molecule has 5 nitrogen and oxygen atoms in total. The molecule has 0 saturated carbocycles. The molecule has 0 radical (unpaired) electrons. The van der Waals surface area contributed by atoms with E-state index < -0.39 is 5.97 Å². The van der Waals surface area contributed by atoms with Crippen molar-refractivity contribution in [1.29, 1.82) is 0 Å².